The van der Waals surface area contributed by atoms with Crippen molar-refractivity contribution in [2.75, 3.05) is 20.1 Å². The Balaban J connectivity index is 1.29. The minimum atomic E-state index is 0.134. The zero-order chi connectivity index (χ0) is 23.3. The average Bonchev–Trinajstić information content (AvgIpc) is 3.35. The van der Waals surface area contributed by atoms with Gasteiger partial charge in [-0.25, -0.2) is 14.3 Å². The van der Waals surface area contributed by atoms with Crippen molar-refractivity contribution < 1.29 is 4.79 Å². The second-order valence-corrected chi connectivity index (χ2v) is 11.8. The van der Waals surface area contributed by atoms with Crippen molar-refractivity contribution in [3.05, 3.63) is 24.3 Å². The molecule has 6 nitrogen and oxygen atoms in total. The smallest absolute Gasteiger partial charge is 0.347 e. The molecule has 1 saturated carbocycles. The number of nitrogens with two attached hydrogens (primary N) is 1. The van der Waals surface area contributed by atoms with E-state index in [1.165, 1.54) is 57.8 Å². The molecule has 4 aliphatic heterocycles. The Labute approximate surface area is 204 Å². The van der Waals surface area contributed by atoms with Crippen molar-refractivity contribution in [1.29, 1.82) is 0 Å². The van der Waals surface area contributed by atoms with E-state index in [1.54, 1.807) is 0 Å². The van der Waals surface area contributed by atoms with Crippen LogP contribution >= 0.6 is 0 Å². The number of rotatable bonds is 2. The van der Waals surface area contributed by atoms with Crippen LogP contribution in [0.3, 0.4) is 0 Å². The fraction of sp³-hybridized carbons (Fsp3) is 0.714. The highest BCUT2D eigenvalue weighted by molar-refractivity contribution is 6.42. The van der Waals surface area contributed by atoms with Crippen molar-refractivity contribution in [2.45, 2.75) is 107 Å². The van der Waals surface area contributed by atoms with Crippen molar-refractivity contribution in [1.82, 2.24) is 14.3 Å². The van der Waals surface area contributed by atoms with Crippen molar-refractivity contribution >= 4 is 23.1 Å². The summed E-state index contributed by atoms with van der Waals surface area (Å²) in [6.07, 6.45) is 15.5. The largest absolute Gasteiger partial charge is 0.386 e. The molecule has 34 heavy (non-hydrogen) atoms. The fourth-order valence-corrected chi connectivity index (χ4v) is 7.91. The van der Waals surface area contributed by atoms with Gasteiger partial charge < -0.3 is 10.6 Å². The van der Waals surface area contributed by atoms with Crippen LogP contribution in [0.2, 0.25) is 0 Å². The van der Waals surface area contributed by atoms with Crippen LogP contribution in [0.4, 0.5) is 11.4 Å². The second kappa shape index (κ2) is 9.03. The van der Waals surface area contributed by atoms with Crippen LogP contribution in [0.1, 0.15) is 77.0 Å². The normalized spacial score (nSPS) is 37.3. The molecule has 5 aliphatic rings. The monoisotopic (exact) mass is 464 g/mol. The summed E-state index contributed by atoms with van der Waals surface area (Å²) < 4.78 is 0.381. The minimum absolute atomic E-state index is 0.134. The van der Waals surface area contributed by atoms with E-state index < -0.39 is 0 Å². The van der Waals surface area contributed by atoms with Gasteiger partial charge in [0.25, 0.3) is 0 Å². The standard InChI is InChI=1S/C28H42N5O/c1-33(24-17-22-13-14-23(18-24)32(22)21-9-5-3-2-4-6-10-21)26-12-8-7-11-25(26)30-27(28(33)34)31-16-15-20(29)19-31/h7-8,11-12,20-24H,2-6,9-10,13-19,29H2,1H3/q+1/t20-,22+,23?,24?,33?/m1/s1. The van der Waals surface area contributed by atoms with Gasteiger partial charge in [-0.3, -0.25) is 4.90 Å². The summed E-state index contributed by atoms with van der Waals surface area (Å²) >= 11 is 0. The Hall–Kier alpha value is -1.76. The van der Waals surface area contributed by atoms with Gasteiger partial charge in [0, 0.05) is 56.2 Å². The summed E-state index contributed by atoms with van der Waals surface area (Å²) in [6.45, 7) is 1.57. The van der Waals surface area contributed by atoms with Crippen LogP contribution in [0.15, 0.2) is 29.3 Å². The van der Waals surface area contributed by atoms with E-state index in [0.29, 0.717) is 28.4 Å². The number of likely N-dealkylation sites (tertiary alicyclic amines) is 1. The molecule has 184 valence electrons. The van der Waals surface area contributed by atoms with Gasteiger partial charge in [-0.05, 0) is 38.2 Å². The van der Waals surface area contributed by atoms with Gasteiger partial charge >= 0.3 is 5.91 Å². The summed E-state index contributed by atoms with van der Waals surface area (Å²) in [7, 11) is 2.18. The molecule has 0 radical (unpaired) electrons. The molecule has 5 atom stereocenters. The predicted octanol–water partition coefficient (Wildman–Crippen LogP) is 4.34. The number of amides is 1. The van der Waals surface area contributed by atoms with Crippen LogP contribution in [-0.2, 0) is 4.79 Å². The first-order valence-electron chi connectivity index (χ1n) is 13.9. The Kier molecular flexibility index (Phi) is 6.03. The Morgan fingerprint density at radius 1 is 0.912 bits per heavy atom. The lowest BCUT2D eigenvalue weighted by molar-refractivity contribution is -0.126. The third-order valence-corrected chi connectivity index (χ3v) is 9.74. The predicted molar refractivity (Wildman–Crippen MR) is 138 cm³/mol. The van der Waals surface area contributed by atoms with E-state index >= 15 is 0 Å². The number of nitrogens with zero attached hydrogens (tertiary/aromatic N) is 4. The van der Waals surface area contributed by atoms with Gasteiger partial charge in [-0.15, -0.1) is 0 Å². The van der Waals surface area contributed by atoms with Gasteiger partial charge in [-0.2, -0.15) is 0 Å². The van der Waals surface area contributed by atoms with Gasteiger partial charge in [0.15, 0.2) is 5.69 Å². The number of carbonyl (C=O) groups is 1. The fourth-order valence-electron chi connectivity index (χ4n) is 7.91. The highest BCUT2D eigenvalue weighted by Gasteiger charge is 2.56. The summed E-state index contributed by atoms with van der Waals surface area (Å²) in [5.74, 6) is 0.820. The molecule has 1 aromatic rings. The molecule has 4 fully saturated rings. The molecule has 6 heteroatoms. The number of amidine groups is 1. The molecule has 3 unspecified atom stereocenters. The molecule has 2 N–H and O–H groups in total. The van der Waals surface area contributed by atoms with Crippen molar-refractivity contribution in [3.63, 3.8) is 0 Å². The Morgan fingerprint density at radius 3 is 2.26 bits per heavy atom. The molecule has 2 bridgehead atoms. The van der Waals surface area contributed by atoms with Crippen LogP contribution in [-0.4, -0.2) is 71.9 Å². The van der Waals surface area contributed by atoms with Crippen LogP contribution in [0.25, 0.3) is 0 Å². The van der Waals surface area contributed by atoms with Crippen LogP contribution in [0, 0.1) is 0 Å². The summed E-state index contributed by atoms with van der Waals surface area (Å²) in [5.41, 5.74) is 8.27. The number of fused-ring (bicyclic) bond motifs is 3. The van der Waals surface area contributed by atoms with Crippen molar-refractivity contribution in [2.24, 2.45) is 10.7 Å². The van der Waals surface area contributed by atoms with Gasteiger partial charge in [-0.1, -0.05) is 44.2 Å². The van der Waals surface area contributed by atoms with Crippen LogP contribution in [0.5, 0.6) is 0 Å². The van der Waals surface area contributed by atoms with E-state index in [4.69, 9.17) is 10.7 Å². The Morgan fingerprint density at radius 2 is 1.59 bits per heavy atom. The van der Waals surface area contributed by atoms with E-state index in [0.717, 1.165) is 49.8 Å². The van der Waals surface area contributed by atoms with E-state index in [1.807, 2.05) is 0 Å². The number of aliphatic imine (C=N–C) groups is 1. The summed E-state index contributed by atoms with van der Waals surface area (Å²) in [5, 5.41) is 0. The van der Waals surface area contributed by atoms with Crippen LogP contribution < -0.4 is 10.2 Å². The van der Waals surface area contributed by atoms with E-state index in [-0.39, 0.29) is 11.9 Å². The maximum absolute atomic E-state index is 14.2. The lowest BCUT2D eigenvalue weighted by atomic mass is 9.88. The number of hydrogen-bond donors (Lipinski definition) is 1. The maximum atomic E-state index is 14.2. The second-order valence-electron chi connectivity index (χ2n) is 11.8. The summed E-state index contributed by atoms with van der Waals surface area (Å²) in [6, 6.07) is 10.8. The number of carbonyl (C=O) groups excluding carboxylic acids is 1. The third-order valence-electron chi connectivity index (χ3n) is 9.74. The van der Waals surface area contributed by atoms with Gasteiger partial charge in [0.2, 0.25) is 5.84 Å². The molecular formula is C28H42N5O+. The van der Waals surface area contributed by atoms with E-state index in [2.05, 4.69) is 41.1 Å². The summed E-state index contributed by atoms with van der Waals surface area (Å²) in [4.78, 5) is 24.2. The minimum Gasteiger partial charge on any atom is -0.347 e. The van der Waals surface area contributed by atoms with Crippen molar-refractivity contribution in [3.8, 4) is 0 Å². The lowest BCUT2D eigenvalue weighted by Gasteiger charge is -2.49. The number of likely N-dealkylation sites (N-methyl/N-ethyl adjacent to an activating group) is 1. The first-order valence-corrected chi connectivity index (χ1v) is 13.9. The molecule has 1 aliphatic carbocycles. The molecule has 0 spiro atoms. The highest BCUT2D eigenvalue weighted by atomic mass is 16.2. The van der Waals surface area contributed by atoms with Gasteiger partial charge in [0.05, 0.1) is 7.05 Å². The average molecular weight is 465 g/mol. The topological polar surface area (TPSA) is 61.9 Å². The SMILES string of the molecule is C[N+]1(C2CC3CC[C@@H](C2)N3C2CCCCCCC2)C(=O)C(N2CC[C@@H](N)C2)=Nc2ccccc21. The molecule has 0 aromatic heterocycles. The lowest BCUT2D eigenvalue weighted by Crippen LogP contribution is -2.67. The number of benzene rings is 1. The molecule has 1 amide bonds. The molecular weight excluding hydrogens is 422 g/mol. The molecule has 4 heterocycles. The molecule has 1 aromatic carbocycles. The first-order chi connectivity index (χ1) is 16.6. The number of piperidine rings is 1. The number of quaternary nitrogens is 1. The highest BCUT2D eigenvalue weighted by Crippen LogP contribution is 2.47. The van der Waals surface area contributed by atoms with Gasteiger partial charge in [0.1, 0.15) is 11.7 Å². The molecule has 6 rings (SSSR count). The maximum Gasteiger partial charge on any atom is 0.386 e. The zero-order valence-corrected chi connectivity index (χ0v) is 20.9. The number of para-hydroxylation sites is 2. The number of hydrogen-bond acceptors (Lipinski definition) is 5. The molecule has 3 saturated heterocycles. The quantitative estimate of drug-likeness (QED) is 0.662. The first kappa shape index (κ1) is 22.7. The van der Waals surface area contributed by atoms with E-state index in [9.17, 15) is 4.79 Å². The third kappa shape index (κ3) is 3.73. The zero-order valence-electron chi connectivity index (χ0n) is 20.9. The Bertz CT molecular complexity index is 940.